The summed E-state index contributed by atoms with van der Waals surface area (Å²) in [4.78, 5) is 20.1. The molecule has 1 heterocycles. The molecule has 5 nitrogen and oxygen atoms in total. The van der Waals surface area contributed by atoms with Gasteiger partial charge in [0.2, 0.25) is 5.95 Å². The molecule has 0 unspecified atom stereocenters. The van der Waals surface area contributed by atoms with Crippen molar-refractivity contribution in [2.75, 3.05) is 12.4 Å². The number of hydrogen-bond donors (Lipinski definition) is 1. The van der Waals surface area contributed by atoms with E-state index in [0.29, 0.717) is 5.95 Å². The van der Waals surface area contributed by atoms with E-state index in [9.17, 15) is 4.79 Å². The van der Waals surface area contributed by atoms with E-state index in [1.165, 1.54) is 10.9 Å². The smallest absolute Gasteiger partial charge is 0.356 e. The Balaban J connectivity index is 2.67. The van der Waals surface area contributed by atoms with Gasteiger partial charge >= 0.3 is 5.69 Å². The highest BCUT2D eigenvalue weighted by Crippen LogP contribution is 2.19. The molecule has 0 atom stereocenters. The topological polar surface area (TPSA) is 59.8 Å². The highest BCUT2D eigenvalue weighted by atomic mass is 16.1. The van der Waals surface area contributed by atoms with Crippen LogP contribution in [0.3, 0.4) is 0 Å². The molecule has 2 rings (SSSR count). The van der Waals surface area contributed by atoms with E-state index in [1.54, 1.807) is 7.05 Å². The third kappa shape index (κ3) is 2.50. The first-order chi connectivity index (χ1) is 9.21. The molecule has 0 fully saturated rings. The van der Waals surface area contributed by atoms with Crippen LogP contribution < -0.4 is 11.0 Å². The van der Waals surface area contributed by atoms with Crippen LogP contribution in [0.4, 0.5) is 5.95 Å². The van der Waals surface area contributed by atoms with Gasteiger partial charge in [-0.05, 0) is 24.0 Å². The summed E-state index contributed by atoms with van der Waals surface area (Å²) in [5.74, 6) is 0.341. The van der Waals surface area contributed by atoms with Crippen molar-refractivity contribution in [3.05, 3.63) is 46.1 Å². The fraction of sp³-hybridized carbons (Fsp3) is 0.357. The van der Waals surface area contributed by atoms with Crippen LogP contribution in [0.25, 0.3) is 5.69 Å². The predicted molar refractivity (Wildman–Crippen MR) is 75.9 cm³/mol. The molecule has 1 aromatic carbocycles. The lowest BCUT2D eigenvalue weighted by atomic mass is 10.0. The van der Waals surface area contributed by atoms with Crippen molar-refractivity contribution in [3.63, 3.8) is 0 Å². The van der Waals surface area contributed by atoms with Crippen molar-refractivity contribution >= 4 is 5.95 Å². The zero-order chi connectivity index (χ0) is 13.8. The van der Waals surface area contributed by atoms with Crippen LogP contribution in [-0.4, -0.2) is 21.6 Å². The quantitative estimate of drug-likeness (QED) is 0.908. The first-order valence-electron chi connectivity index (χ1n) is 6.45. The lowest BCUT2D eigenvalue weighted by Crippen LogP contribution is -2.24. The number of hydrogen-bond acceptors (Lipinski definition) is 4. The Kier molecular flexibility index (Phi) is 3.94. The molecule has 0 bridgehead atoms. The second-order valence-electron chi connectivity index (χ2n) is 4.21. The standard InChI is InChI=1S/C14H18N4O/c1-4-10-7-6-8-11(5-2)12(10)18-9-16-13(15-3)17-14(18)19/h6-9H,4-5H2,1-3H3,(H,15,17,19). The van der Waals surface area contributed by atoms with Gasteiger partial charge in [-0.25, -0.2) is 9.78 Å². The minimum absolute atomic E-state index is 0.310. The molecule has 5 heteroatoms. The molecule has 100 valence electrons. The monoisotopic (exact) mass is 258 g/mol. The zero-order valence-corrected chi connectivity index (χ0v) is 11.5. The summed E-state index contributed by atoms with van der Waals surface area (Å²) in [6.45, 7) is 4.15. The van der Waals surface area contributed by atoms with Gasteiger partial charge in [-0.3, -0.25) is 4.57 Å². The molecule has 0 saturated carbocycles. The van der Waals surface area contributed by atoms with Crippen LogP contribution >= 0.6 is 0 Å². The van der Waals surface area contributed by atoms with Gasteiger partial charge in [0, 0.05) is 7.05 Å². The molecule has 1 N–H and O–H groups in total. The molecule has 2 aromatic rings. The van der Waals surface area contributed by atoms with Crippen molar-refractivity contribution in [1.82, 2.24) is 14.5 Å². The first kappa shape index (κ1) is 13.3. The Morgan fingerprint density at radius 2 is 1.84 bits per heavy atom. The molecule has 0 aliphatic rings. The van der Waals surface area contributed by atoms with Crippen LogP contribution in [0.1, 0.15) is 25.0 Å². The lowest BCUT2D eigenvalue weighted by molar-refractivity contribution is 0.837. The van der Waals surface area contributed by atoms with Gasteiger partial charge in [0.05, 0.1) is 5.69 Å². The fourth-order valence-corrected chi connectivity index (χ4v) is 2.13. The first-order valence-corrected chi connectivity index (χ1v) is 6.45. The number of nitrogens with zero attached hydrogens (tertiary/aromatic N) is 3. The second-order valence-corrected chi connectivity index (χ2v) is 4.21. The van der Waals surface area contributed by atoms with Gasteiger partial charge in [0.1, 0.15) is 6.33 Å². The predicted octanol–water partition coefficient (Wildman–Crippen LogP) is 1.79. The Morgan fingerprint density at radius 3 is 2.32 bits per heavy atom. The van der Waals surface area contributed by atoms with E-state index in [0.717, 1.165) is 29.7 Å². The van der Waals surface area contributed by atoms with E-state index in [2.05, 4.69) is 29.1 Å². The maximum absolute atomic E-state index is 12.1. The molecule has 0 radical (unpaired) electrons. The van der Waals surface area contributed by atoms with E-state index in [1.807, 2.05) is 18.2 Å². The highest BCUT2D eigenvalue weighted by Gasteiger charge is 2.11. The van der Waals surface area contributed by atoms with Gasteiger partial charge in [-0.2, -0.15) is 4.98 Å². The number of nitrogens with one attached hydrogen (secondary N) is 1. The van der Waals surface area contributed by atoms with Gasteiger partial charge in [-0.15, -0.1) is 0 Å². The molecule has 0 aliphatic carbocycles. The van der Waals surface area contributed by atoms with Gasteiger partial charge in [-0.1, -0.05) is 32.0 Å². The Labute approximate surface area is 112 Å². The van der Waals surface area contributed by atoms with Gasteiger partial charge < -0.3 is 5.32 Å². The highest BCUT2D eigenvalue weighted by molar-refractivity contribution is 5.48. The maximum Gasteiger partial charge on any atom is 0.356 e. The molecular formula is C14H18N4O. The average Bonchev–Trinajstić information content (AvgIpc) is 2.46. The summed E-state index contributed by atoms with van der Waals surface area (Å²) in [6, 6.07) is 6.09. The summed E-state index contributed by atoms with van der Waals surface area (Å²) >= 11 is 0. The third-order valence-electron chi connectivity index (χ3n) is 3.13. The number of anilines is 1. The van der Waals surface area contributed by atoms with Crippen molar-refractivity contribution in [1.29, 1.82) is 0 Å². The summed E-state index contributed by atoms with van der Waals surface area (Å²) in [6.07, 6.45) is 3.27. The van der Waals surface area contributed by atoms with Crippen LogP contribution in [-0.2, 0) is 12.8 Å². The van der Waals surface area contributed by atoms with E-state index in [4.69, 9.17) is 0 Å². The number of para-hydroxylation sites is 1. The largest absolute Gasteiger partial charge is 0.357 e. The molecule has 0 amide bonds. The van der Waals surface area contributed by atoms with Gasteiger partial charge in [0.25, 0.3) is 0 Å². The fourth-order valence-electron chi connectivity index (χ4n) is 2.13. The van der Waals surface area contributed by atoms with Crippen molar-refractivity contribution in [3.8, 4) is 5.69 Å². The summed E-state index contributed by atoms with van der Waals surface area (Å²) in [7, 11) is 1.69. The number of rotatable bonds is 4. The number of aromatic nitrogens is 3. The Morgan fingerprint density at radius 1 is 1.21 bits per heavy atom. The Hall–Kier alpha value is -2.17. The van der Waals surface area contributed by atoms with Crippen LogP contribution in [0.2, 0.25) is 0 Å². The molecule has 0 saturated heterocycles. The van der Waals surface area contributed by atoms with E-state index in [-0.39, 0.29) is 5.69 Å². The summed E-state index contributed by atoms with van der Waals surface area (Å²) < 4.78 is 1.53. The molecule has 0 spiro atoms. The average molecular weight is 258 g/mol. The van der Waals surface area contributed by atoms with E-state index < -0.39 is 0 Å². The minimum Gasteiger partial charge on any atom is -0.357 e. The van der Waals surface area contributed by atoms with Crippen LogP contribution in [0.15, 0.2) is 29.3 Å². The van der Waals surface area contributed by atoms with Crippen LogP contribution in [0.5, 0.6) is 0 Å². The molecule has 1 aromatic heterocycles. The molecule has 0 aliphatic heterocycles. The van der Waals surface area contributed by atoms with Crippen molar-refractivity contribution in [2.45, 2.75) is 26.7 Å². The SMILES string of the molecule is CCc1cccc(CC)c1-n1cnc(NC)nc1=O. The Bertz CT molecular complexity index is 611. The lowest BCUT2D eigenvalue weighted by Gasteiger charge is -2.14. The second kappa shape index (κ2) is 5.65. The minimum atomic E-state index is -0.310. The van der Waals surface area contributed by atoms with Crippen molar-refractivity contribution < 1.29 is 0 Å². The van der Waals surface area contributed by atoms with Gasteiger partial charge in [0.15, 0.2) is 0 Å². The third-order valence-corrected chi connectivity index (χ3v) is 3.13. The summed E-state index contributed by atoms with van der Waals surface area (Å²) in [5, 5.41) is 2.77. The normalized spacial score (nSPS) is 10.5. The maximum atomic E-state index is 12.1. The molecular weight excluding hydrogens is 240 g/mol. The molecule has 19 heavy (non-hydrogen) atoms. The van der Waals surface area contributed by atoms with E-state index >= 15 is 0 Å². The van der Waals surface area contributed by atoms with Crippen molar-refractivity contribution in [2.24, 2.45) is 0 Å². The number of aryl methyl sites for hydroxylation is 2. The van der Waals surface area contributed by atoms with Crippen LogP contribution in [0, 0.1) is 0 Å². The zero-order valence-electron chi connectivity index (χ0n) is 11.5. The summed E-state index contributed by atoms with van der Waals surface area (Å²) in [5.41, 5.74) is 2.86. The number of benzene rings is 1.